The summed E-state index contributed by atoms with van der Waals surface area (Å²) in [7, 11) is 1.55. The molecule has 0 N–H and O–H groups in total. The molecule has 1 heterocycles. The molecule has 1 amide bonds. The van der Waals surface area contributed by atoms with Crippen LogP contribution in [0.2, 0.25) is 10.0 Å². The molecule has 158 valence electrons. The second-order valence-electron chi connectivity index (χ2n) is 8.26. The lowest BCUT2D eigenvalue weighted by molar-refractivity contribution is 0.0141. The van der Waals surface area contributed by atoms with Gasteiger partial charge in [-0.05, 0) is 74.6 Å². The summed E-state index contributed by atoms with van der Waals surface area (Å²) < 4.78 is 11.0. The van der Waals surface area contributed by atoms with E-state index in [4.69, 9.17) is 32.7 Å². The van der Waals surface area contributed by atoms with Crippen LogP contribution in [-0.4, -0.2) is 30.2 Å². The van der Waals surface area contributed by atoms with Crippen molar-refractivity contribution in [2.75, 3.05) is 13.7 Å². The largest absolute Gasteiger partial charge is 0.495 e. The van der Waals surface area contributed by atoms with Gasteiger partial charge >= 0.3 is 6.09 Å². The van der Waals surface area contributed by atoms with Crippen molar-refractivity contribution >= 4 is 29.3 Å². The Hall–Kier alpha value is -2.42. The minimum Gasteiger partial charge on any atom is -0.495 e. The van der Waals surface area contributed by atoms with Gasteiger partial charge in [0.15, 0.2) is 0 Å². The molecule has 1 unspecified atom stereocenters. The highest BCUT2D eigenvalue weighted by Gasteiger charge is 2.34. The SMILES string of the molecule is COc1cc2c(cc1C#N)C(Cc1ccc(Cl)c(Cl)c1)N(C(=O)OC(C)(C)C)CC2. The molecule has 5 nitrogen and oxygen atoms in total. The van der Waals surface area contributed by atoms with Crippen molar-refractivity contribution in [1.82, 2.24) is 4.90 Å². The molecule has 2 aromatic rings. The first-order valence-corrected chi connectivity index (χ1v) is 10.4. The van der Waals surface area contributed by atoms with Gasteiger partial charge in [-0.1, -0.05) is 29.3 Å². The average Bonchev–Trinajstić information content (AvgIpc) is 2.68. The Kier molecular flexibility index (Phi) is 6.50. The van der Waals surface area contributed by atoms with E-state index in [9.17, 15) is 10.1 Å². The Morgan fingerprint density at radius 3 is 2.57 bits per heavy atom. The molecule has 0 aromatic heterocycles. The van der Waals surface area contributed by atoms with E-state index < -0.39 is 5.60 Å². The van der Waals surface area contributed by atoms with Crippen LogP contribution in [0.5, 0.6) is 5.75 Å². The van der Waals surface area contributed by atoms with Crippen LogP contribution in [0, 0.1) is 11.3 Å². The Balaban J connectivity index is 2.06. The van der Waals surface area contributed by atoms with Crippen LogP contribution in [0.1, 0.15) is 49.1 Å². The second kappa shape index (κ2) is 8.75. The molecule has 0 saturated carbocycles. The summed E-state index contributed by atoms with van der Waals surface area (Å²) in [5.74, 6) is 0.537. The Labute approximate surface area is 187 Å². The molecule has 0 saturated heterocycles. The minimum absolute atomic E-state index is 0.307. The zero-order valence-electron chi connectivity index (χ0n) is 17.5. The van der Waals surface area contributed by atoms with Crippen LogP contribution in [0.3, 0.4) is 0 Å². The van der Waals surface area contributed by atoms with Crippen molar-refractivity contribution < 1.29 is 14.3 Å². The lowest BCUT2D eigenvalue weighted by atomic mass is 9.87. The van der Waals surface area contributed by atoms with Crippen LogP contribution in [0.25, 0.3) is 0 Å². The van der Waals surface area contributed by atoms with Gasteiger partial charge in [0, 0.05) is 6.54 Å². The van der Waals surface area contributed by atoms with E-state index in [1.54, 1.807) is 24.1 Å². The normalized spacial score (nSPS) is 15.9. The van der Waals surface area contributed by atoms with Crippen LogP contribution in [-0.2, 0) is 17.6 Å². The van der Waals surface area contributed by atoms with E-state index in [0.717, 1.165) is 16.7 Å². The summed E-state index contributed by atoms with van der Waals surface area (Å²) in [5.41, 5.74) is 2.72. The highest BCUT2D eigenvalue weighted by molar-refractivity contribution is 6.42. The summed E-state index contributed by atoms with van der Waals surface area (Å²) >= 11 is 12.3. The number of fused-ring (bicyclic) bond motifs is 1. The Morgan fingerprint density at radius 2 is 1.97 bits per heavy atom. The quantitative estimate of drug-likeness (QED) is 0.583. The average molecular weight is 447 g/mol. The fourth-order valence-electron chi connectivity index (χ4n) is 3.64. The topological polar surface area (TPSA) is 62.6 Å². The second-order valence-corrected chi connectivity index (χ2v) is 9.07. The number of nitriles is 1. The number of nitrogens with zero attached hydrogens (tertiary/aromatic N) is 2. The van der Waals surface area contributed by atoms with Crippen molar-refractivity contribution in [3.05, 3.63) is 62.6 Å². The molecule has 0 aliphatic carbocycles. The summed E-state index contributed by atoms with van der Waals surface area (Å²) in [6, 6.07) is 11.0. The van der Waals surface area contributed by atoms with Crippen molar-refractivity contribution in [3.8, 4) is 11.8 Å². The highest BCUT2D eigenvalue weighted by Crippen LogP contribution is 2.37. The molecule has 3 rings (SSSR count). The first-order valence-electron chi connectivity index (χ1n) is 9.67. The lowest BCUT2D eigenvalue weighted by Gasteiger charge is -2.38. The first kappa shape index (κ1) is 22.3. The summed E-state index contributed by atoms with van der Waals surface area (Å²) in [4.78, 5) is 14.7. The van der Waals surface area contributed by atoms with Crippen LogP contribution < -0.4 is 4.74 Å². The number of methoxy groups -OCH3 is 1. The molecule has 1 aliphatic heterocycles. The van der Waals surface area contributed by atoms with Crippen molar-refractivity contribution in [2.24, 2.45) is 0 Å². The number of hydrogen-bond acceptors (Lipinski definition) is 4. The van der Waals surface area contributed by atoms with Gasteiger partial charge in [0.25, 0.3) is 0 Å². The molecule has 1 atom stereocenters. The van der Waals surface area contributed by atoms with E-state index in [0.29, 0.717) is 40.7 Å². The summed E-state index contributed by atoms with van der Waals surface area (Å²) in [6.45, 7) is 6.03. The van der Waals surface area contributed by atoms with E-state index in [-0.39, 0.29) is 12.1 Å². The Bertz CT molecular complexity index is 1010. The number of hydrogen-bond donors (Lipinski definition) is 0. The minimum atomic E-state index is -0.608. The van der Waals surface area contributed by atoms with Crippen LogP contribution in [0.4, 0.5) is 4.79 Å². The molecule has 2 aromatic carbocycles. The highest BCUT2D eigenvalue weighted by atomic mass is 35.5. The predicted molar refractivity (Wildman–Crippen MR) is 117 cm³/mol. The molecule has 7 heteroatoms. The number of carbonyl (C=O) groups is 1. The molecule has 0 radical (unpaired) electrons. The maximum absolute atomic E-state index is 13.0. The van der Waals surface area contributed by atoms with Gasteiger partial charge < -0.3 is 14.4 Å². The molecule has 1 aliphatic rings. The molecule has 30 heavy (non-hydrogen) atoms. The third-order valence-corrected chi connectivity index (χ3v) is 5.72. The van der Waals surface area contributed by atoms with Crippen molar-refractivity contribution in [1.29, 1.82) is 5.26 Å². The van der Waals surface area contributed by atoms with E-state index in [2.05, 4.69) is 6.07 Å². The molecular weight excluding hydrogens is 423 g/mol. The maximum Gasteiger partial charge on any atom is 0.410 e. The van der Waals surface area contributed by atoms with E-state index >= 15 is 0 Å². The lowest BCUT2D eigenvalue weighted by Crippen LogP contribution is -2.43. The smallest absolute Gasteiger partial charge is 0.410 e. The van der Waals surface area contributed by atoms with E-state index in [1.165, 1.54) is 0 Å². The first-order chi connectivity index (χ1) is 14.1. The van der Waals surface area contributed by atoms with Gasteiger partial charge in [-0.15, -0.1) is 0 Å². The number of benzene rings is 2. The monoisotopic (exact) mass is 446 g/mol. The van der Waals surface area contributed by atoms with Crippen LogP contribution >= 0.6 is 23.2 Å². The predicted octanol–water partition coefficient (Wildman–Crippen LogP) is 5.95. The van der Waals surface area contributed by atoms with Gasteiger partial charge in [0.05, 0.1) is 28.8 Å². The van der Waals surface area contributed by atoms with Crippen molar-refractivity contribution in [2.45, 2.75) is 45.3 Å². The van der Waals surface area contributed by atoms with Gasteiger partial charge in [-0.3, -0.25) is 0 Å². The van der Waals surface area contributed by atoms with Gasteiger partial charge in [0.1, 0.15) is 17.4 Å². The zero-order chi connectivity index (χ0) is 22.1. The fraction of sp³-hybridized carbons (Fsp3) is 0.391. The zero-order valence-corrected chi connectivity index (χ0v) is 19.0. The molecular formula is C23H24Cl2N2O3. The standard InChI is InChI=1S/C23H24Cl2N2O3/c1-23(2,3)30-22(28)27-8-7-15-12-21(29-4)16(13-26)11-17(15)20(27)10-14-5-6-18(24)19(25)9-14/h5-6,9,11-12,20H,7-8,10H2,1-4H3. The third-order valence-electron chi connectivity index (χ3n) is 4.98. The summed E-state index contributed by atoms with van der Waals surface area (Å²) in [5, 5.41) is 10.5. The number of halogens is 2. The number of ether oxygens (including phenoxy) is 2. The van der Waals surface area contributed by atoms with E-state index in [1.807, 2.05) is 39.0 Å². The van der Waals surface area contributed by atoms with Crippen LogP contribution in [0.15, 0.2) is 30.3 Å². The van der Waals surface area contributed by atoms with Crippen molar-refractivity contribution in [3.63, 3.8) is 0 Å². The van der Waals surface area contributed by atoms with Gasteiger partial charge in [-0.25, -0.2) is 4.79 Å². The number of carbonyl (C=O) groups excluding carboxylic acids is 1. The third kappa shape index (κ3) is 4.83. The maximum atomic E-state index is 13.0. The summed E-state index contributed by atoms with van der Waals surface area (Å²) in [6.07, 6.45) is 0.780. The molecule has 0 fully saturated rings. The number of amides is 1. The molecule has 0 spiro atoms. The van der Waals surface area contributed by atoms with Gasteiger partial charge in [0.2, 0.25) is 0 Å². The molecule has 0 bridgehead atoms. The Morgan fingerprint density at radius 1 is 1.23 bits per heavy atom. The fourth-order valence-corrected chi connectivity index (χ4v) is 3.96. The number of rotatable bonds is 3. The van der Waals surface area contributed by atoms with Gasteiger partial charge in [-0.2, -0.15) is 5.26 Å².